The van der Waals surface area contributed by atoms with Crippen LogP contribution in [0.4, 0.5) is 17.3 Å². The zero-order valence-corrected chi connectivity index (χ0v) is 11.0. The Balaban J connectivity index is 2.08. The molecule has 1 aromatic rings. The Bertz CT molecular complexity index is 469. The lowest BCUT2D eigenvalue weighted by Gasteiger charge is -2.34. The smallest absolute Gasteiger partial charge is 0.311 e. The molecule has 0 aliphatic carbocycles. The minimum absolute atomic E-state index is 0.0307. The lowest BCUT2D eigenvalue weighted by molar-refractivity contribution is -0.384. The Kier molecular flexibility index (Phi) is 3.84. The second kappa shape index (κ2) is 5.40. The molecule has 104 valence electrons. The maximum atomic E-state index is 10.7. The van der Waals surface area contributed by atoms with E-state index in [1.165, 1.54) is 6.07 Å². The summed E-state index contributed by atoms with van der Waals surface area (Å²) in [6.45, 7) is 3.75. The third kappa shape index (κ3) is 2.93. The molecule has 1 fully saturated rings. The van der Waals surface area contributed by atoms with Crippen molar-refractivity contribution in [1.29, 1.82) is 0 Å². The predicted octanol–water partition coefficient (Wildman–Crippen LogP) is 1.14. The van der Waals surface area contributed by atoms with Crippen LogP contribution in [0.2, 0.25) is 0 Å². The standard InChI is InChI=1S/C12H19N5O2/c1-8(13)9-4-6-16(7-5-9)11-3-2-10(17(18)19)12(14)15-11/h2-3,8-9H,4-7,13H2,1H3,(H2,14,15). The van der Waals surface area contributed by atoms with E-state index < -0.39 is 4.92 Å². The van der Waals surface area contributed by atoms with Gasteiger partial charge in [0.1, 0.15) is 5.82 Å². The Morgan fingerprint density at radius 3 is 2.58 bits per heavy atom. The zero-order valence-electron chi connectivity index (χ0n) is 11.0. The third-order valence-electron chi connectivity index (χ3n) is 3.69. The van der Waals surface area contributed by atoms with E-state index in [-0.39, 0.29) is 17.5 Å². The summed E-state index contributed by atoms with van der Waals surface area (Å²) in [5.41, 5.74) is 11.4. The van der Waals surface area contributed by atoms with Gasteiger partial charge in [-0.1, -0.05) is 0 Å². The monoisotopic (exact) mass is 265 g/mol. The molecule has 1 unspecified atom stereocenters. The second-order valence-corrected chi connectivity index (χ2v) is 5.01. The molecule has 2 heterocycles. The first-order valence-electron chi connectivity index (χ1n) is 6.40. The molecule has 7 heteroatoms. The molecule has 4 N–H and O–H groups in total. The molecule has 1 atom stereocenters. The lowest BCUT2D eigenvalue weighted by atomic mass is 9.91. The van der Waals surface area contributed by atoms with Crippen LogP contribution in [-0.4, -0.2) is 29.0 Å². The van der Waals surface area contributed by atoms with Gasteiger partial charge in [0.15, 0.2) is 0 Å². The summed E-state index contributed by atoms with van der Waals surface area (Å²) in [6, 6.07) is 3.27. The van der Waals surface area contributed by atoms with Crippen molar-refractivity contribution in [3.05, 3.63) is 22.2 Å². The Labute approximate surface area is 111 Å². The number of hydrogen-bond donors (Lipinski definition) is 2. The number of nitrogens with zero attached hydrogens (tertiary/aromatic N) is 3. The molecule has 19 heavy (non-hydrogen) atoms. The van der Waals surface area contributed by atoms with Gasteiger partial charge in [-0.2, -0.15) is 0 Å². The number of anilines is 2. The highest BCUT2D eigenvalue weighted by Gasteiger charge is 2.23. The number of nitrogen functional groups attached to an aromatic ring is 1. The molecule has 7 nitrogen and oxygen atoms in total. The minimum atomic E-state index is -0.519. The molecule has 1 aromatic heterocycles. The molecule has 1 aliphatic rings. The van der Waals surface area contributed by atoms with Gasteiger partial charge in [-0.15, -0.1) is 0 Å². The Hall–Kier alpha value is -1.89. The summed E-state index contributed by atoms with van der Waals surface area (Å²) in [5.74, 6) is 1.20. The first-order valence-corrected chi connectivity index (χ1v) is 6.40. The van der Waals surface area contributed by atoms with E-state index in [0.29, 0.717) is 11.7 Å². The van der Waals surface area contributed by atoms with Crippen LogP contribution in [0.25, 0.3) is 0 Å². The molecule has 0 saturated carbocycles. The fourth-order valence-corrected chi connectivity index (χ4v) is 2.44. The molecule has 0 radical (unpaired) electrons. The highest BCUT2D eigenvalue weighted by molar-refractivity contribution is 5.58. The number of nitrogens with two attached hydrogens (primary N) is 2. The van der Waals surface area contributed by atoms with Crippen molar-refractivity contribution in [3.8, 4) is 0 Å². The van der Waals surface area contributed by atoms with Gasteiger partial charge in [-0.05, 0) is 31.7 Å². The zero-order chi connectivity index (χ0) is 14.0. The molecular weight excluding hydrogens is 246 g/mol. The largest absolute Gasteiger partial charge is 0.378 e. The van der Waals surface area contributed by atoms with Gasteiger partial charge in [0.05, 0.1) is 4.92 Å². The lowest BCUT2D eigenvalue weighted by Crippen LogP contribution is -2.40. The molecule has 1 saturated heterocycles. The molecule has 1 aliphatic heterocycles. The van der Waals surface area contributed by atoms with Gasteiger partial charge < -0.3 is 16.4 Å². The van der Waals surface area contributed by atoms with Crippen LogP contribution in [0.5, 0.6) is 0 Å². The molecular formula is C12H19N5O2. The van der Waals surface area contributed by atoms with Crippen LogP contribution in [-0.2, 0) is 0 Å². The first-order chi connectivity index (χ1) is 8.99. The van der Waals surface area contributed by atoms with E-state index in [9.17, 15) is 10.1 Å². The van der Waals surface area contributed by atoms with E-state index in [1.54, 1.807) is 6.07 Å². The van der Waals surface area contributed by atoms with E-state index in [1.807, 2.05) is 6.92 Å². The van der Waals surface area contributed by atoms with Crippen LogP contribution in [0.1, 0.15) is 19.8 Å². The van der Waals surface area contributed by atoms with Gasteiger partial charge in [-0.3, -0.25) is 10.1 Å². The Morgan fingerprint density at radius 2 is 2.11 bits per heavy atom. The van der Waals surface area contributed by atoms with Crippen molar-refractivity contribution >= 4 is 17.3 Å². The third-order valence-corrected chi connectivity index (χ3v) is 3.69. The van der Waals surface area contributed by atoms with Gasteiger partial charge in [0.25, 0.3) is 0 Å². The molecule has 0 bridgehead atoms. The van der Waals surface area contributed by atoms with Crippen LogP contribution < -0.4 is 16.4 Å². The SMILES string of the molecule is CC(N)C1CCN(c2ccc([N+](=O)[O-])c(N)n2)CC1. The first kappa shape index (κ1) is 13.5. The molecule has 0 aromatic carbocycles. The van der Waals surface area contributed by atoms with Gasteiger partial charge >= 0.3 is 5.69 Å². The topological polar surface area (TPSA) is 111 Å². The van der Waals surface area contributed by atoms with Crippen molar-refractivity contribution in [2.45, 2.75) is 25.8 Å². The quantitative estimate of drug-likeness (QED) is 0.626. The highest BCUT2D eigenvalue weighted by atomic mass is 16.6. The summed E-state index contributed by atoms with van der Waals surface area (Å²) in [5, 5.41) is 10.7. The number of aromatic nitrogens is 1. The summed E-state index contributed by atoms with van der Waals surface area (Å²) >= 11 is 0. The second-order valence-electron chi connectivity index (χ2n) is 5.01. The number of piperidine rings is 1. The average molecular weight is 265 g/mol. The van der Waals surface area contributed by atoms with Crippen LogP contribution in [0.15, 0.2) is 12.1 Å². The van der Waals surface area contributed by atoms with E-state index >= 15 is 0 Å². The van der Waals surface area contributed by atoms with Gasteiger partial charge in [0, 0.05) is 25.2 Å². The van der Waals surface area contributed by atoms with Crippen molar-refractivity contribution in [2.75, 3.05) is 23.7 Å². The molecule has 0 spiro atoms. The summed E-state index contributed by atoms with van der Waals surface area (Å²) in [7, 11) is 0. The maximum absolute atomic E-state index is 10.7. The van der Waals surface area contributed by atoms with Gasteiger partial charge in [0.2, 0.25) is 5.82 Å². The maximum Gasteiger partial charge on any atom is 0.311 e. The van der Waals surface area contributed by atoms with Crippen molar-refractivity contribution < 1.29 is 4.92 Å². The predicted molar refractivity (Wildman–Crippen MR) is 73.9 cm³/mol. The summed E-state index contributed by atoms with van der Waals surface area (Å²) in [4.78, 5) is 16.4. The minimum Gasteiger partial charge on any atom is -0.378 e. The fraction of sp³-hybridized carbons (Fsp3) is 0.583. The number of hydrogen-bond acceptors (Lipinski definition) is 6. The van der Waals surface area contributed by atoms with E-state index in [2.05, 4.69) is 9.88 Å². The number of nitro groups is 1. The Morgan fingerprint density at radius 1 is 1.47 bits per heavy atom. The van der Waals surface area contributed by atoms with E-state index in [0.717, 1.165) is 25.9 Å². The fourth-order valence-electron chi connectivity index (χ4n) is 2.44. The van der Waals surface area contributed by atoms with Crippen molar-refractivity contribution in [3.63, 3.8) is 0 Å². The van der Waals surface area contributed by atoms with Crippen molar-refractivity contribution in [2.24, 2.45) is 11.7 Å². The molecule has 0 amide bonds. The van der Waals surface area contributed by atoms with Crippen LogP contribution in [0, 0.1) is 16.0 Å². The van der Waals surface area contributed by atoms with Crippen molar-refractivity contribution in [1.82, 2.24) is 4.98 Å². The normalized spacial score (nSPS) is 18.3. The van der Waals surface area contributed by atoms with Crippen LogP contribution >= 0.6 is 0 Å². The average Bonchev–Trinajstić information content (AvgIpc) is 2.38. The summed E-state index contributed by atoms with van der Waals surface area (Å²) in [6.07, 6.45) is 2.02. The van der Waals surface area contributed by atoms with Crippen LogP contribution in [0.3, 0.4) is 0 Å². The van der Waals surface area contributed by atoms with E-state index in [4.69, 9.17) is 11.5 Å². The van der Waals surface area contributed by atoms with Gasteiger partial charge in [-0.25, -0.2) is 4.98 Å². The number of pyridine rings is 1. The summed E-state index contributed by atoms with van der Waals surface area (Å²) < 4.78 is 0. The highest BCUT2D eigenvalue weighted by Crippen LogP contribution is 2.27. The number of rotatable bonds is 3. The molecule has 2 rings (SSSR count).